The zero-order chi connectivity index (χ0) is 15.7. The van der Waals surface area contributed by atoms with Crippen LogP contribution in [0.4, 0.5) is 10.1 Å². The first-order chi connectivity index (χ1) is 10.6. The lowest BCUT2D eigenvalue weighted by Crippen LogP contribution is -2.48. The fraction of sp³-hybridized carbons (Fsp3) is 0.588. The molecule has 2 fully saturated rings. The Labute approximate surface area is 142 Å². The van der Waals surface area contributed by atoms with Gasteiger partial charge in [-0.25, -0.2) is 4.39 Å². The summed E-state index contributed by atoms with van der Waals surface area (Å²) in [5.41, 5.74) is 6.79. The highest BCUT2D eigenvalue weighted by molar-refractivity contribution is 5.94. The number of hydrogen-bond donors (Lipinski definition) is 2. The Morgan fingerprint density at radius 1 is 1.30 bits per heavy atom. The third kappa shape index (κ3) is 3.78. The summed E-state index contributed by atoms with van der Waals surface area (Å²) in [7, 11) is 1.47. The van der Waals surface area contributed by atoms with Crippen molar-refractivity contribution in [2.45, 2.75) is 38.1 Å². The second-order valence-electron chi connectivity index (χ2n) is 6.53. The maximum atomic E-state index is 13.2. The van der Waals surface area contributed by atoms with E-state index in [1.165, 1.54) is 25.7 Å². The number of carbonyl (C=O) groups excluding carboxylic acids is 1. The van der Waals surface area contributed by atoms with Crippen molar-refractivity contribution < 1.29 is 13.9 Å². The minimum atomic E-state index is -0.381. The number of nitrogens with two attached hydrogens (primary N) is 1. The second kappa shape index (κ2) is 7.49. The molecule has 3 N–H and O–H groups in total. The van der Waals surface area contributed by atoms with Crippen molar-refractivity contribution in [3.8, 4) is 5.75 Å². The summed E-state index contributed by atoms with van der Waals surface area (Å²) in [4.78, 5) is 12.6. The molecule has 0 spiro atoms. The van der Waals surface area contributed by atoms with Gasteiger partial charge in [-0.05, 0) is 49.7 Å². The highest BCUT2D eigenvalue weighted by atomic mass is 35.5. The first-order valence-electron chi connectivity index (χ1n) is 7.98. The van der Waals surface area contributed by atoms with Gasteiger partial charge in [0.2, 0.25) is 5.91 Å². The van der Waals surface area contributed by atoms with E-state index >= 15 is 0 Å². The van der Waals surface area contributed by atoms with E-state index < -0.39 is 0 Å². The maximum absolute atomic E-state index is 13.2. The van der Waals surface area contributed by atoms with Crippen molar-refractivity contribution in [1.29, 1.82) is 0 Å². The van der Waals surface area contributed by atoms with E-state index in [2.05, 4.69) is 5.32 Å². The summed E-state index contributed by atoms with van der Waals surface area (Å²) < 4.78 is 18.3. The lowest BCUT2D eigenvalue weighted by atomic mass is 9.65. The Kier molecular flexibility index (Phi) is 5.87. The quantitative estimate of drug-likeness (QED) is 0.885. The van der Waals surface area contributed by atoms with E-state index in [1.54, 1.807) is 6.07 Å². The number of benzene rings is 1. The average molecular weight is 343 g/mol. The number of ether oxygens (including phenoxy) is 1. The van der Waals surface area contributed by atoms with Crippen LogP contribution in [-0.4, -0.2) is 19.1 Å². The fourth-order valence-corrected chi connectivity index (χ4v) is 4.01. The molecule has 2 aliphatic rings. The molecular weight excluding hydrogens is 319 g/mol. The predicted octanol–water partition coefficient (Wildman–Crippen LogP) is 3.35. The van der Waals surface area contributed by atoms with E-state index in [-0.39, 0.29) is 36.1 Å². The van der Waals surface area contributed by atoms with E-state index in [4.69, 9.17) is 10.5 Å². The van der Waals surface area contributed by atoms with Crippen molar-refractivity contribution in [3.63, 3.8) is 0 Å². The van der Waals surface area contributed by atoms with E-state index in [9.17, 15) is 9.18 Å². The first kappa shape index (κ1) is 18.0. The second-order valence-corrected chi connectivity index (χ2v) is 6.53. The van der Waals surface area contributed by atoms with Crippen molar-refractivity contribution in [3.05, 3.63) is 24.0 Å². The molecule has 2 bridgehead atoms. The number of rotatable bonds is 3. The Morgan fingerprint density at radius 3 is 2.57 bits per heavy atom. The van der Waals surface area contributed by atoms with Crippen LogP contribution < -0.4 is 15.8 Å². The first-order valence-corrected chi connectivity index (χ1v) is 7.98. The minimum Gasteiger partial charge on any atom is -0.494 e. The summed E-state index contributed by atoms with van der Waals surface area (Å²) in [6, 6.07) is 4.39. The van der Waals surface area contributed by atoms with Gasteiger partial charge >= 0.3 is 0 Å². The van der Waals surface area contributed by atoms with Crippen LogP contribution in [-0.2, 0) is 4.79 Å². The average Bonchev–Trinajstić information content (AvgIpc) is 2.48. The van der Waals surface area contributed by atoms with E-state index in [0.29, 0.717) is 23.3 Å². The number of amides is 1. The number of hydrogen-bond acceptors (Lipinski definition) is 3. The van der Waals surface area contributed by atoms with Gasteiger partial charge in [0, 0.05) is 18.0 Å². The van der Waals surface area contributed by atoms with Crippen molar-refractivity contribution in [2.24, 2.45) is 23.5 Å². The summed E-state index contributed by atoms with van der Waals surface area (Å²) >= 11 is 0. The van der Waals surface area contributed by atoms with E-state index in [0.717, 1.165) is 25.7 Å². The van der Waals surface area contributed by atoms with Crippen LogP contribution >= 0.6 is 12.4 Å². The van der Waals surface area contributed by atoms with Crippen LogP contribution in [0.1, 0.15) is 32.1 Å². The van der Waals surface area contributed by atoms with Crippen molar-refractivity contribution in [1.82, 2.24) is 0 Å². The molecule has 23 heavy (non-hydrogen) atoms. The molecule has 0 heterocycles. The molecule has 1 amide bonds. The van der Waals surface area contributed by atoms with Crippen LogP contribution in [0.5, 0.6) is 5.75 Å². The molecule has 2 saturated carbocycles. The number of anilines is 1. The Balaban J connectivity index is 0.00000192. The van der Waals surface area contributed by atoms with E-state index in [1.807, 2.05) is 0 Å². The van der Waals surface area contributed by atoms with Crippen LogP contribution in [0.2, 0.25) is 0 Å². The summed E-state index contributed by atoms with van der Waals surface area (Å²) in [6.45, 7) is 0. The maximum Gasteiger partial charge on any atom is 0.227 e. The molecule has 1 aromatic rings. The minimum absolute atomic E-state index is 0. The molecule has 0 aliphatic heterocycles. The molecule has 1 aromatic carbocycles. The van der Waals surface area contributed by atoms with Crippen LogP contribution in [0.15, 0.2) is 18.2 Å². The van der Waals surface area contributed by atoms with Crippen LogP contribution in [0.3, 0.4) is 0 Å². The smallest absolute Gasteiger partial charge is 0.227 e. The number of methoxy groups -OCH3 is 1. The predicted molar refractivity (Wildman–Crippen MR) is 90.4 cm³/mol. The summed E-state index contributed by atoms with van der Waals surface area (Å²) in [6.07, 6.45) is 5.19. The number of nitrogens with one attached hydrogen (secondary N) is 1. The monoisotopic (exact) mass is 342 g/mol. The fourth-order valence-electron chi connectivity index (χ4n) is 4.01. The number of fused-ring (bicyclic) bond motifs is 2. The lowest BCUT2D eigenvalue weighted by molar-refractivity contribution is -0.122. The zero-order valence-corrected chi connectivity index (χ0v) is 14.1. The molecule has 4 nitrogen and oxygen atoms in total. The van der Waals surface area contributed by atoms with Gasteiger partial charge in [0.25, 0.3) is 0 Å². The molecule has 0 radical (unpaired) electrons. The third-order valence-electron chi connectivity index (χ3n) is 5.21. The van der Waals surface area contributed by atoms with Crippen molar-refractivity contribution in [2.75, 3.05) is 12.4 Å². The van der Waals surface area contributed by atoms with Crippen LogP contribution in [0, 0.1) is 23.6 Å². The highest BCUT2D eigenvalue weighted by Gasteiger charge is 2.40. The van der Waals surface area contributed by atoms with Gasteiger partial charge in [-0.3, -0.25) is 4.79 Å². The SMILES string of the molecule is COc1cc(F)ccc1NC(=O)C1CC2CCCC(C1)C2N.Cl. The van der Waals surface area contributed by atoms with Gasteiger partial charge in [-0.1, -0.05) is 6.42 Å². The molecule has 2 aliphatic carbocycles. The standard InChI is InChI=1S/C17H23FN2O2.ClH/c1-22-15-9-13(18)5-6-14(15)20-17(21)12-7-10-3-2-4-11(8-12)16(10)19;/h5-6,9-12,16H,2-4,7-8,19H2,1H3,(H,20,21);1H. The highest BCUT2D eigenvalue weighted by Crippen LogP contribution is 2.42. The lowest BCUT2D eigenvalue weighted by Gasteiger charge is -2.43. The van der Waals surface area contributed by atoms with Crippen LogP contribution in [0.25, 0.3) is 0 Å². The molecular formula is C17H24ClFN2O2. The Bertz CT molecular complexity index is 556. The van der Waals surface area contributed by atoms with Gasteiger partial charge < -0.3 is 15.8 Å². The topological polar surface area (TPSA) is 64.3 Å². The molecule has 6 heteroatoms. The van der Waals surface area contributed by atoms with Gasteiger partial charge in [-0.15, -0.1) is 12.4 Å². The molecule has 128 valence electrons. The Morgan fingerprint density at radius 2 is 1.96 bits per heavy atom. The van der Waals surface area contributed by atoms with Gasteiger partial charge in [-0.2, -0.15) is 0 Å². The van der Waals surface area contributed by atoms with Crippen molar-refractivity contribution >= 4 is 24.0 Å². The zero-order valence-electron chi connectivity index (χ0n) is 13.3. The molecule has 0 aromatic heterocycles. The molecule has 0 saturated heterocycles. The van der Waals surface area contributed by atoms with Gasteiger partial charge in [0.05, 0.1) is 12.8 Å². The summed E-state index contributed by atoms with van der Waals surface area (Å²) in [5, 5.41) is 2.89. The molecule has 3 rings (SSSR count). The van der Waals surface area contributed by atoms with Gasteiger partial charge in [0.15, 0.2) is 0 Å². The van der Waals surface area contributed by atoms with Gasteiger partial charge in [0.1, 0.15) is 11.6 Å². The molecule has 2 unspecified atom stereocenters. The number of halogens is 2. The normalized spacial score (nSPS) is 29.3. The largest absolute Gasteiger partial charge is 0.494 e. The molecule has 2 atom stereocenters. The number of carbonyl (C=O) groups is 1. The Hall–Kier alpha value is -1.33. The third-order valence-corrected chi connectivity index (χ3v) is 5.21. The summed E-state index contributed by atoms with van der Waals surface area (Å²) in [5.74, 6) is 0.865.